The summed E-state index contributed by atoms with van der Waals surface area (Å²) in [7, 11) is 0. The number of carboxylic acid groups (broad SMARTS) is 1. The summed E-state index contributed by atoms with van der Waals surface area (Å²) in [5.41, 5.74) is 2.31. The third-order valence-electron chi connectivity index (χ3n) is 3.16. The van der Waals surface area contributed by atoms with E-state index in [4.69, 9.17) is 5.11 Å². The van der Waals surface area contributed by atoms with Crippen LogP contribution in [0.5, 0.6) is 0 Å². The van der Waals surface area contributed by atoms with Crippen molar-refractivity contribution in [3.05, 3.63) is 34.9 Å². The number of urea groups is 1. The lowest BCUT2D eigenvalue weighted by Crippen LogP contribution is -2.45. The van der Waals surface area contributed by atoms with E-state index in [1.165, 1.54) is 0 Å². The number of nitrogens with zero attached hydrogens (tertiary/aromatic N) is 1. The Morgan fingerprint density at radius 3 is 2.68 bits per heavy atom. The molecule has 1 aliphatic rings. The van der Waals surface area contributed by atoms with Gasteiger partial charge in [0, 0.05) is 19.1 Å². The lowest BCUT2D eigenvalue weighted by molar-refractivity contribution is 0.0696. The predicted molar refractivity (Wildman–Crippen MR) is 71.2 cm³/mol. The lowest BCUT2D eigenvalue weighted by Gasteiger charge is -2.29. The molecule has 0 fully saturated rings. The maximum atomic E-state index is 11.9. The minimum Gasteiger partial charge on any atom is -0.478 e. The van der Waals surface area contributed by atoms with Crippen molar-refractivity contribution in [2.45, 2.75) is 32.9 Å². The van der Waals surface area contributed by atoms with Gasteiger partial charge in [-0.2, -0.15) is 0 Å². The Morgan fingerprint density at radius 2 is 2.05 bits per heavy atom. The molecule has 0 atom stereocenters. The molecule has 1 heterocycles. The first kappa shape index (κ1) is 13.4. The summed E-state index contributed by atoms with van der Waals surface area (Å²) < 4.78 is 0. The Balaban J connectivity index is 2.16. The number of benzene rings is 1. The normalized spacial score (nSPS) is 14.2. The fourth-order valence-corrected chi connectivity index (χ4v) is 2.20. The van der Waals surface area contributed by atoms with Crippen molar-refractivity contribution in [1.82, 2.24) is 10.2 Å². The number of aromatic carboxylic acids is 1. The third kappa shape index (κ3) is 3.05. The topological polar surface area (TPSA) is 69.6 Å². The van der Waals surface area contributed by atoms with Crippen molar-refractivity contribution in [3.8, 4) is 0 Å². The number of rotatable bonds is 2. The molecule has 5 nitrogen and oxygen atoms in total. The molecule has 1 aromatic rings. The quantitative estimate of drug-likeness (QED) is 0.854. The second kappa shape index (κ2) is 5.30. The van der Waals surface area contributed by atoms with E-state index < -0.39 is 5.97 Å². The van der Waals surface area contributed by atoms with Gasteiger partial charge in [-0.05, 0) is 43.5 Å². The van der Waals surface area contributed by atoms with Gasteiger partial charge in [-0.1, -0.05) is 6.07 Å². The monoisotopic (exact) mass is 262 g/mol. The van der Waals surface area contributed by atoms with Crippen molar-refractivity contribution < 1.29 is 14.7 Å². The summed E-state index contributed by atoms with van der Waals surface area (Å²) in [6.45, 7) is 4.96. The van der Waals surface area contributed by atoms with Crippen LogP contribution in [0.15, 0.2) is 18.2 Å². The van der Waals surface area contributed by atoms with E-state index >= 15 is 0 Å². The molecule has 19 heavy (non-hydrogen) atoms. The van der Waals surface area contributed by atoms with Crippen molar-refractivity contribution in [2.24, 2.45) is 0 Å². The van der Waals surface area contributed by atoms with Crippen LogP contribution in [0.1, 0.15) is 35.3 Å². The summed E-state index contributed by atoms with van der Waals surface area (Å²) >= 11 is 0. The van der Waals surface area contributed by atoms with E-state index in [1.807, 2.05) is 19.9 Å². The average molecular weight is 262 g/mol. The van der Waals surface area contributed by atoms with Crippen LogP contribution in [-0.2, 0) is 13.0 Å². The molecule has 2 N–H and O–H groups in total. The molecule has 1 aliphatic heterocycles. The van der Waals surface area contributed by atoms with Gasteiger partial charge in [0.1, 0.15) is 0 Å². The second-order valence-electron chi connectivity index (χ2n) is 5.06. The van der Waals surface area contributed by atoms with Gasteiger partial charge in [0.25, 0.3) is 0 Å². The summed E-state index contributed by atoms with van der Waals surface area (Å²) in [5, 5.41) is 11.8. The molecule has 2 rings (SSSR count). The number of hydrogen-bond acceptors (Lipinski definition) is 2. The Hall–Kier alpha value is -2.04. The van der Waals surface area contributed by atoms with Crippen molar-refractivity contribution in [1.29, 1.82) is 0 Å². The van der Waals surface area contributed by atoms with E-state index in [0.717, 1.165) is 17.5 Å². The smallest absolute Gasteiger partial charge is 0.335 e. The van der Waals surface area contributed by atoms with Crippen LogP contribution < -0.4 is 5.32 Å². The van der Waals surface area contributed by atoms with Crippen LogP contribution in [0.2, 0.25) is 0 Å². The van der Waals surface area contributed by atoms with E-state index in [-0.39, 0.29) is 17.6 Å². The second-order valence-corrected chi connectivity index (χ2v) is 5.06. The number of hydrogen-bond donors (Lipinski definition) is 2. The molecule has 102 valence electrons. The van der Waals surface area contributed by atoms with Crippen LogP contribution in [0.4, 0.5) is 4.79 Å². The molecule has 0 aromatic heterocycles. The third-order valence-corrected chi connectivity index (χ3v) is 3.16. The molecule has 0 aliphatic carbocycles. The molecule has 0 radical (unpaired) electrons. The van der Waals surface area contributed by atoms with Crippen LogP contribution >= 0.6 is 0 Å². The van der Waals surface area contributed by atoms with E-state index in [0.29, 0.717) is 13.1 Å². The number of carbonyl (C=O) groups excluding carboxylic acids is 1. The van der Waals surface area contributed by atoms with Gasteiger partial charge in [-0.3, -0.25) is 0 Å². The molecule has 1 aromatic carbocycles. The maximum Gasteiger partial charge on any atom is 0.335 e. The summed E-state index contributed by atoms with van der Waals surface area (Å²) in [6.07, 6.45) is 0.765. The molecule has 0 saturated carbocycles. The molecule has 5 heteroatoms. The van der Waals surface area contributed by atoms with Crippen molar-refractivity contribution in [2.75, 3.05) is 6.54 Å². The van der Waals surface area contributed by atoms with Crippen molar-refractivity contribution >= 4 is 12.0 Å². The SMILES string of the molecule is CC(C)NC(=O)N1CCc2ccc(C(=O)O)cc2C1. The van der Waals surface area contributed by atoms with Gasteiger partial charge in [-0.25, -0.2) is 9.59 Å². The first-order valence-electron chi connectivity index (χ1n) is 6.38. The van der Waals surface area contributed by atoms with Crippen LogP contribution in [-0.4, -0.2) is 34.6 Å². The van der Waals surface area contributed by atoms with Gasteiger partial charge in [0.2, 0.25) is 0 Å². The van der Waals surface area contributed by atoms with Gasteiger partial charge < -0.3 is 15.3 Å². The highest BCUT2D eigenvalue weighted by molar-refractivity contribution is 5.88. The summed E-state index contributed by atoms with van der Waals surface area (Å²) in [4.78, 5) is 24.6. The number of nitrogens with one attached hydrogen (secondary N) is 1. The van der Waals surface area contributed by atoms with Crippen LogP contribution in [0.3, 0.4) is 0 Å². The van der Waals surface area contributed by atoms with E-state index in [9.17, 15) is 9.59 Å². The van der Waals surface area contributed by atoms with E-state index in [1.54, 1.807) is 17.0 Å². The lowest BCUT2D eigenvalue weighted by atomic mass is 9.97. The average Bonchev–Trinajstić information content (AvgIpc) is 2.36. The zero-order valence-corrected chi connectivity index (χ0v) is 11.1. The Bertz CT molecular complexity index is 511. The van der Waals surface area contributed by atoms with Crippen LogP contribution in [0, 0.1) is 0 Å². The number of amides is 2. The van der Waals surface area contributed by atoms with Gasteiger partial charge >= 0.3 is 12.0 Å². The number of carboxylic acids is 1. The highest BCUT2D eigenvalue weighted by atomic mass is 16.4. The minimum absolute atomic E-state index is 0.0959. The standard InChI is InChI=1S/C14H18N2O3/c1-9(2)15-14(19)16-6-5-10-3-4-11(13(17)18)7-12(10)8-16/h3-4,7,9H,5-6,8H2,1-2H3,(H,15,19)(H,17,18). The van der Waals surface area contributed by atoms with Crippen LogP contribution in [0.25, 0.3) is 0 Å². The van der Waals surface area contributed by atoms with E-state index in [2.05, 4.69) is 5.32 Å². The molecule has 0 saturated heterocycles. The largest absolute Gasteiger partial charge is 0.478 e. The van der Waals surface area contributed by atoms with Gasteiger partial charge in [-0.15, -0.1) is 0 Å². The predicted octanol–water partition coefficient (Wildman–Crippen LogP) is 1.86. The van der Waals surface area contributed by atoms with Gasteiger partial charge in [0.05, 0.1) is 5.56 Å². The number of carbonyl (C=O) groups is 2. The summed E-state index contributed by atoms with van der Waals surface area (Å²) in [5.74, 6) is -0.938. The van der Waals surface area contributed by atoms with Crippen molar-refractivity contribution in [3.63, 3.8) is 0 Å². The fraction of sp³-hybridized carbons (Fsp3) is 0.429. The Kier molecular flexibility index (Phi) is 3.74. The highest BCUT2D eigenvalue weighted by Gasteiger charge is 2.21. The zero-order valence-electron chi connectivity index (χ0n) is 11.1. The molecule has 2 amide bonds. The first-order valence-corrected chi connectivity index (χ1v) is 6.38. The maximum absolute atomic E-state index is 11.9. The highest BCUT2D eigenvalue weighted by Crippen LogP contribution is 2.20. The zero-order chi connectivity index (χ0) is 14.0. The molecule has 0 unspecified atom stereocenters. The Labute approximate surface area is 112 Å². The fourth-order valence-electron chi connectivity index (χ4n) is 2.20. The molecule has 0 bridgehead atoms. The molecular formula is C14H18N2O3. The van der Waals surface area contributed by atoms with Gasteiger partial charge in [0.15, 0.2) is 0 Å². The Morgan fingerprint density at radius 1 is 1.32 bits per heavy atom. The first-order chi connectivity index (χ1) is 8.97. The number of fused-ring (bicyclic) bond motifs is 1. The molecule has 0 spiro atoms. The summed E-state index contributed by atoms with van der Waals surface area (Å²) in [6, 6.07) is 5.12. The molecular weight excluding hydrogens is 244 g/mol. The minimum atomic E-state index is -0.938.